The highest BCUT2D eigenvalue weighted by atomic mass is 16.5. The lowest BCUT2D eigenvalue weighted by molar-refractivity contribution is 0.0601. The largest absolute Gasteiger partial charge is 0.465 e. The smallest absolute Gasteiger partial charge is 0.337 e. The van der Waals surface area contributed by atoms with Crippen molar-refractivity contribution in [1.29, 1.82) is 0 Å². The molecule has 116 valence electrons. The van der Waals surface area contributed by atoms with Crippen LogP contribution in [0.1, 0.15) is 21.8 Å². The van der Waals surface area contributed by atoms with Gasteiger partial charge in [0, 0.05) is 18.8 Å². The Morgan fingerprint density at radius 3 is 2.55 bits per heavy atom. The van der Waals surface area contributed by atoms with E-state index in [1.54, 1.807) is 44.3 Å². The predicted molar refractivity (Wildman–Crippen MR) is 79.5 cm³/mol. The van der Waals surface area contributed by atoms with Gasteiger partial charge in [0.2, 0.25) is 0 Å². The Morgan fingerprint density at radius 2 is 2.00 bits per heavy atom. The summed E-state index contributed by atoms with van der Waals surface area (Å²) in [5, 5.41) is 6.57. The highest BCUT2D eigenvalue weighted by Gasteiger charge is 2.12. The predicted octanol–water partition coefficient (Wildman–Crippen LogP) is 2.43. The summed E-state index contributed by atoms with van der Waals surface area (Å²) in [5.41, 5.74) is 1.68. The van der Waals surface area contributed by atoms with Gasteiger partial charge in [-0.15, -0.1) is 0 Å². The number of nitrogens with zero attached hydrogens (tertiary/aromatic N) is 2. The lowest BCUT2D eigenvalue weighted by Crippen LogP contribution is -2.30. The van der Waals surface area contributed by atoms with Crippen LogP contribution in [0, 0.1) is 6.92 Å². The molecule has 7 nitrogen and oxygen atoms in total. The van der Waals surface area contributed by atoms with Gasteiger partial charge in [-0.05, 0) is 31.2 Å². The van der Waals surface area contributed by atoms with Crippen LogP contribution >= 0.6 is 0 Å². The molecule has 1 aromatic heterocycles. The van der Waals surface area contributed by atoms with Crippen molar-refractivity contribution in [3.05, 3.63) is 47.3 Å². The van der Waals surface area contributed by atoms with Gasteiger partial charge >= 0.3 is 12.0 Å². The van der Waals surface area contributed by atoms with Crippen molar-refractivity contribution < 1.29 is 18.8 Å². The first-order valence-electron chi connectivity index (χ1n) is 6.62. The fraction of sp³-hybridized carbons (Fsp3) is 0.267. The molecule has 0 bridgehead atoms. The third kappa shape index (κ3) is 3.85. The van der Waals surface area contributed by atoms with E-state index in [1.165, 1.54) is 12.0 Å². The number of hydrogen-bond donors (Lipinski definition) is 1. The van der Waals surface area contributed by atoms with Crippen LogP contribution in [0.15, 0.2) is 34.9 Å². The summed E-state index contributed by atoms with van der Waals surface area (Å²) < 4.78 is 9.57. The summed E-state index contributed by atoms with van der Waals surface area (Å²) in [6.45, 7) is 2.13. The monoisotopic (exact) mass is 303 g/mol. The lowest BCUT2D eigenvalue weighted by Gasteiger charge is -2.16. The molecule has 0 spiro atoms. The number of urea groups is 1. The number of esters is 1. The van der Waals surface area contributed by atoms with Crippen molar-refractivity contribution in [3.8, 4) is 0 Å². The zero-order chi connectivity index (χ0) is 16.1. The van der Waals surface area contributed by atoms with Crippen LogP contribution in [0.3, 0.4) is 0 Å². The fourth-order valence-corrected chi connectivity index (χ4v) is 1.83. The molecule has 0 radical (unpaired) electrons. The number of nitrogens with one attached hydrogen (secondary N) is 1. The number of aromatic nitrogens is 1. The Kier molecular flexibility index (Phi) is 4.77. The molecule has 2 aromatic rings. The normalized spacial score (nSPS) is 10.1. The average molecular weight is 303 g/mol. The molecule has 0 aliphatic carbocycles. The molecule has 2 rings (SSSR count). The van der Waals surface area contributed by atoms with E-state index in [9.17, 15) is 9.59 Å². The number of carbonyl (C=O) groups excluding carboxylic acids is 2. The first kappa shape index (κ1) is 15.6. The zero-order valence-electron chi connectivity index (χ0n) is 12.6. The molecular weight excluding hydrogens is 286 g/mol. The van der Waals surface area contributed by atoms with Gasteiger partial charge in [-0.3, -0.25) is 0 Å². The van der Waals surface area contributed by atoms with Gasteiger partial charge in [0.05, 0.1) is 19.2 Å². The van der Waals surface area contributed by atoms with Crippen LogP contribution in [0.5, 0.6) is 0 Å². The number of benzene rings is 1. The Balaban J connectivity index is 1.94. The Bertz CT molecular complexity index is 664. The number of methoxy groups -OCH3 is 1. The number of amides is 2. The molecule has 0 unspecified atom stereocenters. The minimum Gasteiger partial charge on any atom is -0.465 e. The first-order chi connectivity index (χ1) is 10.5. The zero-order valence-corrected chi connectivity index (χ0v) is 12.6. The molecule has 0 fully saturated rings. The van der Waals surface area contributed by atoms with Gasteiger partial charge in [0.15, 0.2) is 0 Å². The molecule has 7 heteroatoms. The van der Waals surface area contributed by atoms with Gasteiger partial charge in [-0.2, -0.15) is 0 Å². The van der Waals surface area contributed by atoms with Crippen molar-refractivity contribution in [3.63, 3.8) is 0 Å². The maximum absolute atomic E-state index is 12.1. The van der Waals surface area contributed by atoms with Crippen molar-refractivity contribution in [1.82, 2.24) is 10.1 Å². The minimum absolute atomic E-state index is 0.286. The molecule has 1 N–H and O–H groups in total. The Morgan fingerprint density at radius 1 is 1.32 bits per heavy atom. The highest BCUT2D eigenvalue weighted by molar-refractivity contribution is 5.92. The maximum Gasteiger partial charge on any atom is 0.337 e. The minimum atomic E-state index is -0.420. The summed E-state index contributed by atoms with van der Waals surface area (Å²) in [7, 11) is 2.97. The molecule has 2 amide bonds. The summed E-state index contributed by atoms with van der Waals surface area (Å²) in [6.07, 6.45) is 0. The summed E-state index contributed by atoms with van der Waals surface area (Å²) in [4.78, 5) is 24.9. The van der Waals surface area contributed by atoms with Crippen molar-refractivity contribution in [2.75, 3.05) is 19.5 Å². The van der Waals surface area contributed by atoms with Gasteiger partial charge in [0.25, 0.3) is 0 Å². The van der Waals surface area contributed by atoms with Crippen LogP contribution in [0.4, 0.5) is 10.5 Å². The van der Waals surface area contributed by atoms with Crippen LogP contribution in [0.2, 0.25) is 0 Å². The van der Waals surface area contributed by atoms with Crippen LogP contribution in [0.25, 0.3) is 0 Å². The Labute approximate surface area is 127 Å². The SMILES string of the molecule is COC(=O)c1ccc(NC(=O)N(C)Cc2cc(C)on2)cc1. The summed E-state index contributed by atoms with van der Waals surface area (Å²) >= 11 is 0. The van der Waals surface area contributed by atoms with E-state index in [1.807, 2.05) is 0 Å². The number of hydrogen-bond acceptors (Lipinski definition) is 5. The van der Waals surface area contributed by atoms with E-state index < -0.39 is 5.97 Å². The Hall–Kier alpha value is -2.83. The maximum atomic E-state index is 12.1. The van der Waals surface area contributed by atoms with Gasteiger partial charge in [-0.25, -0.2) is 9.59 Å². The molecule has 1 heterocycles. The van der Waals surface area contributed by atoms with E-state index in [2.05, 4.69) is 15.2 Å². The van der Waals surface area contributed by atoms with Gasteiger partial charge in [0.1, 0.15) is 11.5 Å². The summed E-state index contributed by atoms with van der Waals surface area (Å²) in [5.74, 6) is 0.276. The number of ether oxygens (including phenoxy) is 1. The van der Waals surface area contributed by atoms with Crippen LogP contribution < -0.4 is 5.32 Å². The van der Waals surface area contributed by atoms with Crippen LogP contribution in [-0.2, 0) is 11.3 Å². The van der Waals surface area contributed by atoms with Crippen LogP contribution in [-0.4, -0.2) is 36.2 Å². The molecule has 0 aliphatic heterocycles. The second-order valence-corrected chi connectivity index (χ2v) is 4.78. The van der Waals surface area contributed by atoms with E-state index in [0.29, 0.717) is 29.2 Å². The van der Waals surface area contributed by atoms with Crippen molar-refractivity contribution >= 4 is 17.7 Å². The van der Waals surface area contributed by atoms with E-state index in [4.69, 9.17) is 4.52 Å². The fourth-order valence-electron chi connectivity index (χ4n) is 1.83. The molecule has 0 aliphatic rings. The first-order valence-corrected chi connectivity index (χ1v) is 6.62. The lowest BCUT2D eigenvalue weighted by atomic mass is 10.2. The average Bonchev–Trinajstić information content (AvgIpc) is 2.92. The number of carbonyl (C=O) groups is 2. The molecule has 0 atom stereocenters. The number of rotatable bonds is 4. The second kappa shape index (κ2) is 6.75. The number of anilines is 1. The van der Waals surface area contributed by atoms with E-state index in [0.717, 1.165) is 0 Å². The molecule has 22 heavy (non-hydrogen) atoms. The highest BCUT2D eigenvalue weighted by Crippen LogP contribution is 2.12. The van der Waals surface area contributed by atoms with Crippen molar-refractivity contribution in [2.24, 2.45) is 0 Å². The van der Waals surface area contributed by atoms with E-state index >= 15 is 0 Å². The molecule has 0 saturated heterocycles. The third-order valence-electron chi connectivity index (χ3n) is 2.98. The van der Waals surface area contributed by atoms with Gasteiger partial charge in [-0.1, -0.05) is 5.16 Å². The van der Waals surface area contributed by atoms with E-state index in [-0.39, 0.29) is 6.03 Å². The summed E-state index contributed by atoms with van der Waals surface area (Å²) in [6, 6.07) is 7.93. The quantitative estimate of drug-likeness (QED) is 0.877. The topological polar surface area (TPSA) is 84.7 Å². The molecule has 0 saturated carbocycles. The van der Waals surface area contributed by atoms with Crippen molar-refractivity contribution in [2.45, 2.75) is 13.5 Å². The second-order valence-electron chi connectivity index (χ2n) is 4.78. The number of aryl methyl sites for hydroxylation is 1. The standard InChI is InChI=1S/C15H17N3O4/c1-10-8-13(17-22-10)9-18(2)15(20)16-12-6-4-11(5-7-12)14(19)21-3/h4-8H,9H2,1-3H3,(H,16,20). The molecule has 1 aromatic carbocycles. The van der Waals surface area contributed by atoms with Gasteiger partial charge < -0.3 is 19.5 Å². The molecular formula is C15H17N3O4. The third-order valence-corrected chi connectivity index (χ3v) is 2.98.